The summed E-state index contributed by atoms with van der Waals surface area (Å²) in [6.07, 6.45) is -9.72. The summed E-state index contributed by atoms with van der Waals surface area (Å²) in [7, 11) is 1.31. The number of anilines is 1. The van der Waals surface area contributed by atoms with Gasteiger partial charge < -0.3 is 55.3 Å². The molecule has 10 atom stereocenters. The third kappa shape index (κ3) is 6.48. The van der Waals surface area contributed by atoms with Gasteiger partial charge in [0.1, 0.15) is 65.6 Å². The average molecular weight is 645 g/mol. The van der Waals surface area contributed by atoms with Crippen molar-refractivity contribution in [2.75, 3.05) is 25.6 Å². The van der Waals surface area contributed by atoms with E-state index in [1.54, 1.807) is 13.1 Å². The van der Waals surface area contributed by atoms with Crippen molar-refractivity contribution in [1.29, 1.82) is 0 Å². The molecule has 19 heteroatoms. The minimum atomic E-state index is -1.49. The molecule has 0 spiro atoms. The number of thiazole rings is 2. The minimum Gasteiger partial charge on any atom is -0.394 e. The molecule has 3 aromatic rings. The fourth-order valence-electron chi connectivity index (χ4n) is 4.76. The lowest BCUT2D eigenvalue weighted by molar-refractivity contribution is -0.292. The number of aliphatic hydroxyl groups excluding tert-OH is 7. The topological polar surface area (TPSA) is 255 Å². The van der Waals surface area contributed by atoms with E-state index in [9.17, 15) is 40.5 Å². The lowest BCUT2D eigenvalue weighted by atomic mass is 9.95. The van der Waals surface area contributed by atoms with Gasteiger partial charge in [0.05, 0.1) is 41.0 Å². The quantitative estimate of drug-likeness (QED) is 0.103. The van der Waals surface area contributed by atoms with E-state index in [4.69, 9.17) is 14.2 Å². The molecule has 2 saturated heterocycles. The number of aromatic nitrogens is 5. The van der Waals surface area contributed by atoms with Crippen molar-refractivity contribution in [3.05, 3.63) is 27.8 Å². The monoisotopic (exact) mass is 644 g/mol. The van der Waals surface area contributed by atoms with Crippen molar-refractivity contribution in [3.63, 3.8) is 0 Å². The maximum atomic E-state index is 13.3. The molecule has 2 aliphatic heterocycles. The van der Waals surface area contributed by atoms with Gasteiger partial charge in [-0.25, -0.2) is 14.6 Å². The van der Waals surface area contributed by atoms with Crippen molar-refractivity contribution in [3.8, 4) is 10.7 Å². The van der Waals surface area contributed by atoms with E-state index in [0.717, 1.165) is 22.7 Å². The van der Waals surface area contributed by atoms with Gasteiger partial charge in [0.15, 0.2) is 11.4 Å². The zero-order valence-corrected chi connectivity index (χ0v) is 24.5. The summed E-state index contributed by atoms with van der Waals surface area (Å²) in [6.45, 7) is 1.14. The van der Waals surface area contributed by atoms with Crippen LogP contribution in [0.15, 0.2) is 12.4 Å². The summed E-state index contributed by atoms with van der Waals surface area (Å²) in [5, 5.41) is 81.7. The van der Waals surface area contributed by atoms with Crippen LogP contribution in [-0.4, -0.2) is 148 Å². The van der Waals surface area contributed by atoms with Crippen LogP contribution in [-0.2, 0) is 20.8 Å². The summed E-state index contributed by atoms with van der Waals surface area (Å²) in [5.74, 6) is -0.316. The first kappa shape index (κ1) is 31.9. The second-order valence-electron chi connectivity index (χ2n) is 10.1. The van der Waals surface area contributed by atoms with Crippen LogP contribution < -0.4 is 5.32 Å². The number of hydrogen-bond donors (Lipinski definition) is 8. The van der Waals surface area contributed by atoms with Gasteiger partial charge in [0, 0.05) is 13.7 Å². The van der Waals surface area contributed by atoms with Gasteiger partial charge in [-0.2, -0.15) is 0 Å². The molecule has 2 fully saturated rings. The van der Waals surface area contributed by atoms with Crippen LogP contribution >= 0.6 is 22.7 Å². The maximum absolute atomic E-state index is 13.3. The molecule has 0 aromatic carbocycles. The molecule has 0 bridgehead atoms. The van der Waals surface area contributed by atoms with E-state index in [1.807, 2.05) is 0 Å². The summed E-state index contributed by atoms with van der Waals surface area (Å²) >= 11 is 2.17. The number of carbonyl (C=O) groups is 1. The number of aryl methyl sites for hydroxylation is 1. The summed E-state index contributed by atoms with van der Waals surface area (Å²) in [5.41, 5.74) is 0.836. The van der Waals surface area contributed by atoms with Crippen LogP contribution in [0.1, 0.15) is 20.2 Å². The molecule has 2 aliphatic rings. The second-order valence-corrected chi connectivity index (χ2v) is 12.1. The Morgan fingerprint density at radius 1 is 1.00 bits per heavy atom. The zero-order valence-electron chi connectivity index (χ0n) is 22.9. The highest BCUT2D eigenvalue weighted by atomic mass is 32.1. The van der Waals surface area contributed by atoms with Crippen molar-refractivity contribution >= 4 is 33.6 Å². The molecule has 5 heterocycles. The Morgan fingerprint density at radius 3 is 2.42 bits per heavy atom. The lowest BCUT2D eigenvalue weighted by Gasteiger charge is -2.40. The van der Waals surface area contributed by atoms with E-state index in [-0.39, 0.29) is 18.9 Å². The Kier molecular flexibility index (Phi) is 9.80. The van der Waals surface area contributed by atoms with E-state index in [1.165, 1.54) is 18.0 Å². The summed E-state index contributed by atoms with van der Waals surface area (Å²) < 4.78 is 17.4. The molecule has 17 nitrogen and oxygen atoms in total. The SMILES string of the molecule is CO[C@H]1O[C@H](Cn2cc(-c3nc(C)c(C(=O)c4cnc(NC[C@H]5O[C@H](CO)[C@@H](O)[C@H](O)[C@@H]5O)s4)s3)nn2)[C@@H](O)[C@H](O)[C@@H]1O. The van der Waals surface area contributed by atoms with Gasteiger partial charge in [0.25, 0.3) is 0 Å². The fourth-order valence-corrected chi connectivity index (χ4v) is 6.56. The Labute approximate surface area is 252 Å². The summed E-state index contributed by atoms with van der Waals surface area (Å²) in [6, 6.07) is 0. The minimum absolute atomic E-state index is 0.00340. The zero-order chi connectivity index (χ0) is 31.0. The number of hydrogen-bond acceptors (Lipinski definition) is 18. The first-order valence-electron chi connectivity index (χ1n) is 13.2. The Balaban J connectivity index is 1.22. The number of nitrogens with one attached hydrogen (secondary N) is 1. The largest absolute Gasteiger partial charge is 0.394 e. The lowest BCUT2D eigenvalue weighted by Crippen LogP contribution is -2.60. The predicted octanol–water partition coefficient (Wildman–Crippen LogP) is -2.89. The first-order chi connectivity index (χ1) is 20.5. The van der Waals surface area contributed by atoms with Crippen LogP contribution in [0.5, 0.6) is 0 Å². The van der Waals surface area contributed by atoms with E-state index >= 15 is 0 Å². The van der Waals surface area contributed by atoms with Gasteiger partial charge in [0.2, 0.25) is 5.78 Å². The van der Waals surface area contributed by atoms with Gasteiger partial charge in [-0.05, 0) is 6.92 Å². The molecular formula is C24H32N6O11S2. The molecule has 5 rings (SSSR count). The number of nitrogens with zero attached hydrogens (tertiary/aromatic N) is 5. The highest BCUT2D eigenvalue weighted by Crippen LogP contribution is 2.31. The van der Waals surface area contributed by atoms with Crippen LogP contribution in [0.2, 0.25) is 0 Å². The maximum Gasteiger partial charge on any atom is 0.216 e. The molecular weight excluding hydrogens is 612 g/mol. The fraction of sp³-hybridized carbons (Fsp3) is 0.625. The Morgan fingerprint density at radius 2 is 1.70 bits per heavy atom. The van der Waals surface area contributed by atoms with Crippen LogP contribution in [0, 0.1) is 6.92 Å². The molecule has 0 unspecified atom stereocenters. The van der Waals surface area contributed by atoms with Gasteiger partial charge >= 0.3 is 0 Å². The summed E-state index contributed by atoms with van der Waals surface area (Å²) in [4.78, 5) is 22.6. The molecule has 236 valence electrons. The second kappa shape index (κ2) is 13.2. The molecule has 8 N–H and O–H groups in total. The molecule has 0 aliphatic carbocycles. The third-order valence-corrected chi connectivity index (χ3v) is 9.34. The molecule has 0 radical (unpaired) electrons. The third-order valence-electron chi connectivity index (χ3n) is 7.20. The predicted molar refractivity (Wildman–Crippen MR) is 147 cm³/mol. The Bertz CT molecular complexity index is 1400. The van der Waals surface area contributed by atoms with E-state index < -0.39 is 67.8 Å². The average Bonchev–Trinajstić information content (AvgIpc) is 3.76. The standard InChI is InChI=1S/C24H32N6O11S2/c1-8-21(17(35)13-4-26-24(42-13)25-3-10-14(32)18(36)16(34)12(7-31)40-10)43-22(27-8)9-5-30(29-28-9)6-11-15(33)19(37)20(38)23(39-2)41-11/h4-5,10-12,14-16,18-20,23,31-34,36-38H,3,6-7H2,1-2H3,(H,25,26)/t10-,11-,12-,14-,15-,16-,18-,19+,20+,23+/m1/s1. The van der Waals surface area contributed by atoms with Crippen LogP contribution in [0.4, 0.5) is 5.13 Å². The van der Waals surface area contributed by atoms with Crippen molar-refractivity contribution in [1.82, 2.24) is 25.0 Å². The van der Waals surface area contributed by atoms with Gasteiger partial charge in [-0.3, -0.25) is 4.79 Å². The van der Waals surface area contributed by atoms with Crippen LogP contribution in [0.25, 0.3) is 10.7 Å². The number of methoxy groups -OCH3 is 1. The smallest absolute Gasteiger partial charge is 0.216 e. The van der Waals surface area contributed by atoms with Crippen molar-refractivity contribution in [2.45, 2.75) is 74.7 Å². The molecule has 0 amide bonds. The molecule has 3 aromatic heterocycles. The number of ketones is 1. The van der Waals surface area contributed by atoms with Crippen LogP contribution in [0.3, 0.4) is 0 Å². The van der Waals surface area contributed by atoms with Crippen molar-refractivity contribution in [2.24, 2.45) is 0 Å². The first-order valence-corrected chi connectivity index (χ1v) is 14.8. The van der Waals surface area contributed by atoms with Crippen molar-refractivity contribution < 1.29 is 54.8 Å². The van der Waals surface area contributed by atoms with Gasteiger partial charge in [-0.1, -0.05) is 16.6 Å². The normalized spacial score (nSPS) is 33.0. The highest BCUT2D eigenvalue weighted by molar-refractivity contribution is 7.20. The highest BCUT2D eigenvalue weighted by Gasteiger charge is 2.45. The molecule has 43 heavy (non-hydrogen) atoms. The van der Waals surface area contributed by atoms with E-state index in [0.29, 0.717) is 31.3 Å². The molecule has 0 saturated carbocycles. The number of rotatable bonds is 10. The Hall–Kier alpha value is -2.53. The van der Waals surface area contributed by atoms with E-state index in [2.05, 4.69) is 25.6 Å². The number of carbonyl (C=O) groups excluding carboxylic acids is 1. The number of ether oxygens (including phenoxy) is 3. The number of aliphatic hydroxyl groups is 7. The van der Waals surface area contributed by atoms with Gasteiger partial charge in [-0.15, -0.1) is 16.4 Å².